The Morgan fingerprint density at radius 1 is 1.16 bits per heavy atom. The summed E-state index contributed by atoms with van der Waals surface area (Å²) in [6.07, 6.45) is 3.64. The number of methoxy groups -OCH3 is 1. The number of amides is 1. The number of esters is 1. The first-order valence-corrected chi connectivity index (χ1v) is 14.8. The third-order valence-corrected chi connectivity index (χ3v) is 8.65. The van der Waals surface area contributed by atoms with Gasteiger partial charge in [0.05, 0.1) is 28.8 Å². The number of pyridine rings is 1. The first-order chi connectivity index (χ1) is 20.5. The summed E-state index contributed by atoms with van der Waals surface area (Å²) >= 11 is 1.65. The van der Waals surface area contributed by atoms with Crippen LogP contribution in [-0.2, 0) is 16.0 Å². The second-order valence-corrected chi connectivity index (χ2v) is 12.7. The average molecular weight is 600 g/mol. The van der Waals surface area contributed by atoms with Gasteiger partial charge in [0.2, 0.25) is 0 Å². The van der Waals surface area contributed by atoms with Crippen molar-refractivity contribution in [3.63, 3.8) is 0 Å². The number of ether oxygens (including phenoxy) is 2. The van der Waals surface area contributed by atoms with Crippen molar-refractivity contribution >= 4 is 57.1 Å². The molecule has 2 heterocycles. The van der Waals surface area contributed by atoms with Gasteiger partial charge in [-0.05, 0) is 71.4 Å². The van der Waals surface area contributed by atoms with Crippen LogP contribution in [0.3, 0.4) is 0 Å². The molecule has 1 aliphatic carbocycles. The van der Waals surface area contributed by atoms with Crippen LogP contribution in [0.4, 0.5) is 11.4 Å². The quantitative estimate of drug-likeness (QED) is 0.133. The molecule has 5 rings (SSSR count). The van der Waals surface area contributed by atoms with Crippen molar-refractivity contribution in [2.45, 2.75) is 40.5 Å². The van der Waals surface area contributed by atoms with Gasteiger partial charge in [-0.3, -0.25) is 14.9 Å². The van der Waals surface area contributed by atoms with Gasteiger partial charge in [-0.25, -0.2) is 9.78 Å². The van der Waals surface area contributed by atoms with Gasteiger partial charge in [0.15, 0.2) is 12.4 Å². The van der Waals surface area contributed by atoms with Crippen molar-refractivity contribution in [2.75, 3.05) is 19.0 Å². The number of aromatic nitrogens is 1. The SMILES string of the molecule is COc1cc(NC(=O)COC(=O)c2c3c(nc4ccccc24)/C(=C\c2cccs2)C[C@H](C(C)(C)C)C3)c(C)cc1[N+](=O)[O-]. The second kappa shape index (κ2) is 12.0. The van der Waals surface area contributed by atoms with E-state index < -0.39 is 23.4 Å². The molecular formula is C33H33N3O6S. The molecule has 0 spiro atoms. The summed E-state index contributed by atoms with van der Waals surface area (Å²) in [6.45, 7) is 7.71. The van der Waals surface area contributed by atoms with Gasteiger partial charge in [-0.1, -0.05) is 45.0 Å². The predicted molar refractivity (Wildman–Crippen MR) is 168 cm³/mol. The molecule has 1 atom stereocenters. The Kier molecular flexibility index (Phi) is 8.32. The molecule has 0 aliphatic heterocycles. The fourth-order valence-corrected chi connectivity index (χ4v) is 6.10. The fourth-order valence-electron chi connectivity index (χ4n) is 5.42. The number of hydrogen-bond donors (Lipinski definition) is 1. The lowest BCUT2D eigenvalue weighted by Gasteiger charge is -2.36. The van der Waals surface area contributed by atoms with E-state index >= 15 is 0 Å². The summed E-state index contributed by atoms with van der Waals surface area (Å²) in [5, 5.41) is 16.7. The van der Waals surface area contributed by atoms with Crippen LogP contribution in [0.1, 0.15) is 59.2 Å². The average Bonchev–Trinajstić information content (AvgIpc) is 3.48. The third-order valence-electron chi connectivity index (χ3n) is 7.83. The topological polar surface area (TPSA) is 121 Å². The van der Waals surface area contributed by atoms with Crippen molar-refractivity contribution in [1.82, 2.24) is 4.98 Å². The van der Waals surface area contributed by atoms with Crippen LogP contribution in [0.15, 0.2) is 53.9 Å². The zero-order valence-corrected chi connectivity index (χ0v) is 25.5. The number of nitro benzene ring substituents is 1. The first kappa shape index (κ1) is 29.9. The van der Waals surface area contributed by atoms with E-state index in [1.165, 1.54) is 19.2 Å². The molecule has 0 unspecified atom stereocenters. The molecule has 222 valence electrons. The normalized spacial score (nSPS) is 15.7. The Bertz CT molecular complexity index is 1750. The fraction of sp³-hybridized carbons (Fsp3) is 0.303. The number of benzene rings is 2. The number of aryl methyl sites for hydroxylation is 1. The van der Waals surface area contributed by atoms with Crippen molar-refractivity contribution in [3.8, 4) is 5.75 Å². The number of nitrogens with one attached hydrogen (secondary N) is 1. The number of fused-ring (bicyclic) bond motifs is 2. The van der Waals surface area contributed by atoms with E-state index in [9.17, 15) is 19.7 Å². The molecular weight excluding hydrogens is 566 g/mol. The standard InChI is InChI=1S/C33H33N3O6S/c1-19-13-27(36(39)40)28(41-5)17-26(19)34-29(37)18-42-32(38)30-23-10-6-7-11-25(23)35-31-20(15-22-9-8-12-43-22)14-21(16-24(30)31)33(2,3)4/h6-13,15,17,21H,14,16,18H2,1-5H3,(H,34,37)/b20-15-/t21-/m0/s1. The van der Waals surface area contributed by atoms with Gasteiger partial charge in [0.25, 0.3) is 5.91 Å². The molecule has 0 radical (unpaired) electrons. The molecule has 0 bridgehead atoms. The van der Waals surface area contributed by atoms with Gasteiger partial charge >= 0.3 is 11.7 Å². The Hall–Kier alpha value is -4.57. The highest BCUT2D eigenvalue weighted by molar-refractivity contribution is 7.10. The maximum absolute atomic E-state index is 13.8. The number of carbonyl (C=O) groups is 2. The van der Waals surface area contributed by atoms with E-state index in [1.807, 2.05) is 35.7 Å². The van der Waals surface area contributed by atoms with E-state index in [-0.39, 0.29) is 22.8 Å². The van der Waals surface area contributed by atoms with Crippen LogP contribution in [0, 0.1) is 28.4 Å². The number of nitrogens with zero attached hydrogens (tertiary/aromatic N) is 2. The molecule has 0 saturated carbocycles. The van der Waals surface area contributed by atoms with Gasteiger partial charge in [0, 0.05) is 28.1 Å². The molecule has 1 amide bonds. The highest BCUT2D eigenvalue weighted by Gasteiger charge is 2.35. The molecule has 2 aromatic carbocycles. The lowest BCUT2D eigenvalue weighted by molar-refractivity contribution is -0.385. The Labute approximate surface area is 253 Å². The summed E-state index contributed by atoms with van der Waals surface area (Å²) in [4.78, 5) is 43.6. The number of para-hydroxylation sites is 1. The summed E-state index contributed by atoms with van der Waals surface area (Å²) in [5.41, 5.74) is 4.36. The largest absolute Gasteiger partial charge is 0.490 e. The third kappa shape index (κ3) is 6.29. The van der Waals surface area contributed by atoms with Gasteiger partial charge in [-0.2, -0.15) is 0 Å². The molecule has 0 fully saturated rings. The summed E-state index contributed by atoms with van der Waals surface area (Å²) in [7, 11) is 1.32. The first-order valence-electron chi connectivity index (χ1n) is 13.9. The van der Waals surface area contributed by atoms with Crippen LogP contribution in [0.2, 0.25) is 0 Å². The Morgan fingerprint density at radius 2 is 1.93 bits per heavy atom. The Balaban J connectivity index is 1.48. The van der Waals surface area contributed by atoms with Crippen molar-refractivity contribution in [3.05, 3.63) is 91.3 Å². The number of nitro groups is 1. The number of carbonyl (C=O) groups excluding carboxylic acids is 2. The minimum atomic E-state index is -0.604. The van der Waals surface area contributed by atoms with Crippen molar-refractivity contribution in [2.24, 2.45) is 11.3 Å². The number of rotatable bonds is 7. The molecule has 0 saturated heterocycles. The number of anilines is 1. The minimum Gasteiger partial charge on any atom is -0.490 e. The van der Waals surface area contributed by atoms with Crippen LogP contribution >= 0.6 is 11.3 Å². The smallest absolute Gasteiger partial charge is 0.339 e. The van der Waals surface area contributed by atoms with Crippen LogP contribution in [-0.4, -0.2) is 35.5 Å². The Morgan fingerprint density at radius 3 is 2.60 bits per heavy atom. The minimum absolute atomic E-state index is 0.0117. The molecule has 1 aliphatic rings. The second-order valence-electron chi connectivity index (χ2n) is 11.7. The van der Waals surface area contributed by atoms with E-state index in [0.717, 1.165) is 28.1 Å². The number of hydrogen-bond acceptors (Lipinski definition) is 8. The molecule has 2 aromatic heterocycles. The van der Waals surface area contributed by atoms with Crippen LogP contribution < -0.4 is 10.1 Å². The highest BCUT2D eigenvalue weighted by Crippen LogP contribution is 2.45. The molecule has 10 heteroatoms. The van der Waals surface area contributed by atoms with E-state index in [0.29, 0.717) is 34.1 Å². The van der Waals surface area contributed by atoms with Crippen LogP contribution in [0.5, 0.6) is 5.75 Å². The number of allylic oxidation sites excluding steroid dienone is 1. The van der Waals surface area contributed by atoms with Crippen molar-refractivity contribution in [1.29, 1.82) is 0 Å². The predicted octanol–water partition coefficient (Wildman–Crippen LogP) is 7.47. The van der Waals surface area contributed by atoms with Gasteiger partial charge in [0.1, 0.15) is 0 Å². The van der Waals surface area contributed by atoms with E-state index in [1.54, 1.807) is 18.3 Å². The summed E-state index contributed by atoms with van der Waals surface area (Å²) < 4.78 is 10.7. The molecule has 43 heavy (non-hydrogen) atoms. The zero-order chi connectivity index (χ0) is 30.9. The van der Waals surface area contributed by atoms with E-state index in [2.05, 4.69) is 38.2 Å². The lowest BCUT2D eigenvalue weighted by atomic mass is 9.69. The van der Waals surface area contributed by atoms with Gasteiger partial charge in [-0.15, -0.1) is 11.3 Å². The molecule has 9 nitrogen and oxygen atoms in total. The number of thiophene rings is 1. The summed E-state index contributed by atoms with van der Waals surface area (Å²) in [6, 6.07) is 14.3. The van der Waals surface area contributed by atoms with Crippen LogP contribution in [0.25, 0.3) is 22.6 Å². The molecule has 1 N–H and O–H groups in total. The van der Waals surface area contributed by atoms with Gasteiger partial charge < -0.3 is 14.8 Å². The maximum Gasteiger partial charge on any atom is 0.339 e. The highest BCUT2D eigenvalue weighted by atomic mass is 32.1. The lowest BCUT2D eigenvalue weighted by Crippen LogP contribution is -2.29. The summed E-state index contributed by atoms with van der Waals surface area (Å²) in [5.74, 6) is -0.917. The maximum atomic E-state index is 13.8. The monoisotopic (exact) mass is 599 g/mol. The van der Waals surface area contributed by atoms with Crippen molar-refractivity contribution < 1.29 is 24.0 Å². The van der Waals surface area contributed by atoms with E-state index in [4.69, 9.17) is 14.5 Å². The zero-order valence-electron chi connectivity index (χ0n) is 24.7. The molecule has 4 aromatic rings.